The Balaban J connectivity index is 1.79. The Labute approximate surface area is 181 Å². The molecule has 0 aliphatic heterocycles. The minimum absolute atomic E-state index is 0.291. The number of aromatic nitrogens is 2. The third-order valence-corrected chi connectivity index (χ3v) is 6.17. The van der Waals surface area contributed by atoms with Crippen LogP contribution in [0, 0.1) is 5.82 Å². The number of anilines is 1. The summed E-state index contributed by atoms with van der Waals surface area (Å²) < 4.78 is 18.4. The molecule has 0 amide bonds. The van der Waals surface area contributed by atoms with E-state index < -0.39 is 5.97 Å². The van der Waals surface area contributed by atoms with Crippen molar-refractivity contribution in [3.63, 3.8) is 0 Å². The summed E-state index contributed by atoms with van der Waals surface area (Å²) in [5.74, 6) is 0.0288. The van der Waals surface area contributed by atoms with Gasteiger partial charge in [0.25, 0.3) is 0 Å². The van der Waals surface area contributed by atoms with Gasteiger partial charge < -0.3 is 15.0 Å². The number of hydrogen-bond donors (Lipinski definition) is 1. The van der Waals surface area contributed by atoms with Gasteiger partial charge in [0, 0.05) is 24.7 Å². The first-order valence-corrected chi connectivity index (χ1v) is 10.6. The van der Waals surface area contributed by atoms with Crippen molar-refractivity contribution in [2.24, 2.45) is 0 Å². The lowest BCUT2D eigenvalue weighted by Crippen LogP contribution is -2.40. The highest BCUT2D eigenvalue weighted by atomic mass is 19.1. The van der Waals surface area contributed by atoms with Crippen molar-refractivity contribution < 1.29 is 13.9 Å². The largest absolute Gasteiger partial charge is 0.465 e. The van der Waals surface area contributed by atoms with Crippen LogP contribution in [-0.2, 0) is 4.74 Å². The molecule has 0 atom stereocenters. The van der Waals surface area contributed by atoms with E-state index in [0.29, 0.717) is 34.4 Å². The van der Waals surface area contributed by atoms with Crippen LogP contribution in [0.4, 0.5) is 10.2 Å². The lowest BCUT2D eigenvalue weighted by molar-refractivity contribution is 0.0601. The Kier molecular flexibility index (Phi) is 6.13. The molecule has 1 aliphatic rings. The van der Waals surface area contributed by atoms with Crippen molar-refractivity contribution in [3.8, 4) is 11.3 Å². The molecule has 0 radical (unpaired) electrons. The predicted octanol–water partition coefficient (Wildman–Crippen LogP) is 4.19. The highest BCUT2D eigenvalue weighted by Gasteiger charge is 2.26. The number of halogens is 1. The van der Waals surface area contributed by atoms with Gasteiger partial charge in [-0.3, -0.25) is 0 Å². The van der Waals surface area contributed by atoms with E-state index in [-0.39, 0.29) is 5.82 Å². The molecule has 4 rings (SSSR count). The number of nitrogens with zero attached hydrogens (tertiary/aromatic N) is 3. The summed E-state index contributed by atoms with van der Waals surface area (Å²) in [4.78, 5) is 23.9. The minimum atomic E-state index is -0.411. The normalized spacial score (nSPS) is 18.7. The lowest BCUT2D eigenvalue weighted by atomic mass is 9.90. The van der Waals surface area contributed by atoms with Crippen molar-refractivity contribution in [2.75, 3.05) is 26.1 Å². The van der Waals surface area contributed by atoms with Gasteiger partial charge in [0.1, 0.15) is 11.5 Å². The van der Waals surface area contributed by atoms with Crippen molar-refractivity contribution >= 4 is 22.8 Å². The number of benzene rings is 2. The van der Waals surface area contributed by atoms with E-state index in [2.05, 4.69) is 10.2 Å². The summed E-state index contributed by atoms with van der Waals surface area (Å²) >= 11 is 0. The molecule has 1 fully saturated rings. The van der Waals surface area contributed by atoms with Gasteiger partial charge in [0.15, 0.2) is 5.82 Å². The Bertz CT molecular complexity index is 1080. The van der Waals surface area contributed by atoms with Crippen molar-refractivity contribution in [2.45, 2.75) is 37.8 Å². The summed E-state index contributed by atoms with van der Waals surface area (Å²) in [7, 11) is 5.41. The van der Waals surface area contributed by atoms with Crippen molar-refractivity contribution in [3.05, 3.63) is 53.8 Å². The number of carbonyl (C=O) groups excluding carboxylic acids is 1. The van der Waals surface area contributed by atoms with Crippen LogP contribution in [0.1, 0.15) is 36.0 Å². The molecule has 7 heteroatoms. The van der Waals surface area contributed by atoms with Gasteiger partial charge in [-0.1, -0.05) is 0 Å². The molecule has 2 aromatic carbocycles. The maximum absolute atomic E-state index is 13.5. The second-order valence-corrected chi connectivity index (χ2v) is 8.00. The molecule has 3 aromatic rings. The van der Waals surface area contributed by atoms with E-state index in [1.165, 1.54) is 19.2 Å². The Morgan fingerprint density at radius 1 is 1.06 bits per heavy atom. The quantitative estimate of drug-likeness (QED) is 0.622. The summed E-state index contributed by atoms with van der Waals surface area (Å²) in [5.41, 5.74) is 3.24. The fraction of sp³-hybridized carbons (Fsp3) is 0.375. The molecule has 0 saturated heterocycles. The van der Waals surface area contributed by atoms with Gasteiger partial charge in [-0.05, 0) is 75.2 Å². The zero-order valence-corrected chi connectivity index (χ0v) is 18.1. The van der Waals surface area contributed by atoms with Gasteiger partial charge >= 0.3 is 5.97 Å². The lowest BCUT2D eigenvalue weighted by Gasteiger charge is -2.36. The molecule has 1 heterocycles. The van der Waals surface area contributed by atoms with E-state index in [1.807, 2.05) is 14.1 Å². The van der Waals surface area contributed by atoms with Crippen LogP contribution in [-0.4, -0.2) is 49.2 Å². The first-order chi connectivity index (χ1) is 15.0. The maximum Gasteiger partial charge on any atom is 0.337 e. The summed E-state index contributed by atoms with van der Waals surface area (Å²) in [5, 5.41) is 3.37. The number of esters is 1. The molecule has 1 saturated carbocycles. The van der Waals surface area contributed by atoms with Crippen LogP contribution in [0.3, 0.4) is 0 Å². The highest BCUT2D eigenvalue weighted by molar-refractivity contribution is 5.94. The van der Waals surface area contributed by atoms with E-state index >= 15 is 0 Å². The third-order valence-electron chi connectivity index (χ3n) is 6.17. The molecule has 6 nitrogen and oxygen atoms in total. The molecule has 0 unspecified atom stereocenters. The molecule has 1 aliphatic carbocycles. The van der Waals surface area contributed by atoms with Gasteiger partial charge in [-0.2, -0.15) is 0 Å². The van der Waals surface area contributed by atoms with E-state index in [4.69, 9.17) is 14.7 Å². The number of nitrogens with one attached hydrogen (secondary N) is 1. The summed E-state index contributed by atoms with van der Waals surface area (Å²) in [6.45, 7) is 0. The number of hydrogen-bond acceptors (Lipinski definition) is 6. The van der Waals surface area contributed by atoms with Gasteiger partial charge in [0.05, 0.1) is 23.7 Å². The van der Waals surface area contributed by atoms with Gasteiger partial charge in [0.2, 0.25) is 0 Å². The number of rotatable bonds is 5. The standard InChI is InChI=1S/C24H27FN4O2/c1-26-18-9-11-19(12-10-18)29(2)23-22(15-4-7-17(25)8-5-15)27-20-13-6-16(24(30)31-3)14-21(20)28-23/h4-8,13-14,18-19,26H,9-12H2,1-3H3/t18-,19-. The zero-order valence-electron chi connectivity index (χ0n) is 18.1. The van der Waals surface area contributed by atoms with Crippen LogP contribution >= 0.6 is 0 Å². The minimum Gasteiger partial charge on any atom is -0.465 e. The fourth-order valence-electron chi connectivity index (χ4n) is 4.26. The third kappa shape index (κ3) is 4.37. The average molecular weight is 423 g/mol. The monoisotopic (exact) mass is 422 g/mol. The smallest absolute Gasteiger partial charge is 0.337 e. The second-order valence-electron chi connectivity index (χ2n) is 8.00. The molecule has 0 bridgehead atoms. The van der Waals surface area contributed by atoms with Gasteiger partial charge in [-0.25, -0.2) is 19.2 Å². The Hall–Kier alpha value is -3.06. The zero-order chi connectivity index (χ0) is 22.0. The first-order valence-electron chi connectivity index (χ1n) is 10.6. The van der Waals surface area contributed by atoms with Crippen molar-refractivity contribution in [1.82, 2.24) is 15.3 Å². The molecular formula is C24H27FN4O2. The first kappa shape index (κ1) is 21.2. The second kappa shape index (κ2) is 8.98. The number of carbonyl (C=O) groups is 1. The molecule has 162 valence electrons. The van der Waals surface area contributed by atoms with Crippen LogP contribution in [0.15, 0.2) is 42.5 Å². The van der Waals surface area contributed by atoms with Crippen molar-refractivity contribution in [1.29, 1.82) is 0 Å². The molecule has 1 aromatic heterocycles. The van der Waals surface area contributed by atoms with E-state index in [9.17, 15) is 9.18 Å². The number of fused-ring (bicyclic) bond motifs is 1. The predicted molar refractivity (Wildman–Crippen MR) is 120 cm³/mol. The SMILES string of the molecule is CN[C@H]1CC[C@H](N(C)c2nc3cc(C(=O)OC)ccc3nc2-c2ccc(F)cc2)CC1. The summed E-state index contributed by atoms with van der Waals surface area (Å²) in [6.07, 6.45) is 4.30. The molecule has 31 heavy (non-hydrogen) atoms. The fourth-order valence-corrected chi connectivity index (χ4v) is 4.26. The van der Waals surface area contributed by atoms with Crippen LogP contribution in [0.25, 0.3) is 22.3 Å². The molecular weight excluding hydrogens is 395 g/mol. The topological polar surface area (TPSA) is 67.4 Å². The van der Waals surface area contributed by atoms with Gasteiger partial charge in [-0.15, -0.1) is 0 Å². The Morgan fingerprint density at radius 2 is 1.77 bits per heavy atom. The van der Waals surface area contributed by atoms with E-state index in [1.54, 1.807) is 30.3 Å². The van der Waals surface area contributed by atoms with E-state index in [0.717, 1.165) is 37.1 Å². The molecule has 0 spiro atoms. The van der Waals surface area contributed by atoms with Crippen LogP contribution in [0.2, 0.25) is 0 Å². The van der Waals surface area contributed by atoms with Crippen LogP contribution in [0.5, 0.6) is 0 Å². The average Bonchev–Trinajstić information content (AvgIpc) is 2.82. The number of methoxy groups -OCH3 is 1. The Morgan fingerprint density at radius 3 is 2.42 bits per heavy atom. The highest BCUT2D eigenvalue weighted by Crippen LogP contribution is 2.33. The maximum atomic E-state index is 13.5. The van der Waals surface area contributed by atoms with Crippen LogP contribution < -0.4 is 10.2 Å². The summed E-state index contributed by atoms with van der Waals surface area (Å²) in [6, 6.07) is 12.4. The number of ether oxygens (including phenoxy) is 1. The molecule has 1 N–H and O–H groups in total.